The van der Waals surface area contributed by atoms with Crippen LogP contribution < -0.4 is 9.67 Å². The predicted octanol–water partition coefficient (Wildman–Crippen LogP) is 1.24. The second-order valence-electron chi connectivity index (χ2n) is 4.03. The van der Waals surface area contributed by atoms with Crippen LogP contribution >= 0.6 is 0 Å². The number of hydrogen-bond acceptors (Lipinski definition) is 2. The van der Waals surface area contributed by atoms with Gasteiger partial charge in [-0.2, -0.15) is 0 Å². The van der Waals surface area contributed by atoms with Gasteiger partial charge in [-0.25, -0.2) is 0 Å². The van der Waals surface area contributed by atoms with Crippen LogP contribution in [-0.2, 0) is 13.0 Å². The van der Waals surface area contributed by atoms with Crippen LogP contribution in [0.5, 0.6) is 0 Å². The Bertz CT molecular complexity index is 405. The van der Waals surface area contributed by atoms with Gasteiger partial charge in [0.2, 0.25) is 0 Å². The summed E-state index contributed by atoms with van der Waals surface area (Å²) in [6, 6.07) is 3.58. The van der Waals surface area contributed by atoms with Crippen molar-refractivity contribution in [1.29, 1.82) is 0 Å². The number of benzene rings is 1. The molecule has 0 heterocycles. The normalized spacial score (nSPS) is 10.5. The van der Waals surface area contributed by atoms with E-state index in [0.29, 0.717) is 12.1 Å². The van der Waals surface area contributed by atoms with Crippen molar-refractivity contribution in [2.45, 2.75) is 32.7 Å². The Hall–Kier alpha value is -0.792. The van der Waals surface area contributed by atoms with Crippen LogP contribution in [0.25, 0.3) is 0 Å². The Labute approximate surface area is 111 Å². The van der Waals surface area contributed by atoms with Gasteiger partial charge in [0.05, 0.1) is 0 Å². The molecular formula is C13H18AsNO2. The topological polar surface area (TPSA) is 49.3 Å². The molecule has 1 rings (SSSR count). The summed E-state index contributed by atoms with van der Waals surface area (Å²) in [7, 11) is 1.88. The number of carboxylic acids is 1. The molecule has 0 bridgehead atoms. The third-order valence-corrected chi connectivity index (χ3v) is 3.65. The molecule has 0 aliphatic heterocycles. The average molecular weight is 295 g/mol. The molecule has 0 atom stereocenters. The molecule has 1 aromatic carbocycles. The van der Waals surface area contributed by atoms with E-state index in [-0.39, 0.29) is 0 Å². The van der Waals surface area contributed by atoms with Gasteiger partial charge < -0.3 is 0 Å². The summed E-state index contributed by atoms with van der Waals surface area (Å²) in [5, 5.41) is 12.3. The molecule has 0 unspecified atom stereocenters. The zero-order chi connectivity index (χ0) is 12.8. The van der Waals surface area contributed by atoms with Crippen LogP contribution in [0.4, 0.5) is 0 Å². The van der Waals surface area contributed by atoms with Crippen LogP contribution in [0.2, 0.25) is 0 Å². The van der Waals surface area contributed by atoms with E-state index in [4.69, 9.17) is 0 Å². The Balaban J connectivity index is 3.22. The molecule has 0 saturated carbocycles. The van der Waals surface area contributed by atoms with E-state index in [1.54, 1.807) is 6.07 Å². The maximum atomic E-state index is 11.2. The molecule has 4 heteroatoms. The number of hydrogen-bond donors (Lipinski definition) is 2. The fraction of sp³-hybridized carbons (Fsp3) is 0.462. The minimum atomic E-state index is -0.832. The first-order valence-electron chi connectivity index (χ1n) is 5.83. The zero-order valence-electron chi connectivity index (χ0n) is 10.3. The van der Waals surface area contributed by atoms with Crippen LogP contribution in [0, 0.1) is 0 Å². The molecule has 1 aromatic rings. The number of unbranched alkanes of at least 4 members (excludes halogenated alkanes) is 1. The first-order chi connectivity index (χ1) is 8.11. The third kappa shape index (κ3) is 3.58. The van der Waals surface area contributed by atoms with E-state index in [9.17, 15) is 9.90 Å². The van der Waals surface area contributed by atoms with Gasteiger partial charge in [-0.3, -0.25) is 0 Å². The first-order valence-corrected chi connectivity index (χ1v) is 6.77. The van der Waals surface area contributed by atoms with Gasteiger partial charge in [-0.1, -0.05) is 0 Å². The standard InChI is InChI=1S/C13H18AsNO2/c1-3-4-5-9-10(13(16)17)6-7-12(14)11(9)8-15-2/h6-7,15H,3-5,8H2,1-2H3,(H,16,17). The molecule has 0 spiro atoms. The van der Waals surface area contributed by atoms with Crippen LogP contribution in [0.15, 0.2) is 12.1 Å². The summed E-state index contributed by atoms with van der Waals surface area (Å²) in [6.45, 7) is 2.83. The fourth-order valence-corrected chi connectivity index (χ4v) is 2.50. The second-order valence-corrected chi connectivity index (χ2v) is 5.04. The summed E-state index contributed by atoms with van der Waals surface area (Å²) in [6.07, 6.45) is 2.93. The zero-order valence-corrected chi connectivity index (χ0v) is 12.2. The molecule has 0 aliphatic carbocycles. The van der Waals surface area contributed by atoms with Crippen molar-refractivity contribution >= 4 is 27.2 Å². The van der Waals surface area contributed by atoms with E-state index in [2.05, 4.69) is 29.1 Å². The molecule has 0 saturated heterocycles. The molecule has 0 aliphatic rings. The Morgan fingerprint density at radius 3 is 2.65 bits per heavy atom. The molecule has 92 valence electrons. The molecular weight excluding hydrogens is 277 g/mol. The van der Waals surface area contributed by atoms with E-state index >= 15 is 0 Å². The van der Waals surface area contributed by atoms with E-state index in [0.717, 1.165) is 34.7 Å². The number of nitrogens with one attached hydrogen (secondary N) is 1. The molecule has 2 radical (unpaired) electrons. The monoisotopic (exact) mass is 295 g/mol. The van der Waals surface area contributed by atoms with Gasteiger partial charge in [0.1, 0.15) is 0 Å². The average Bonchev–Trinajstić information content (AvgIpc) is 2.29. The van der Waals surface area contributed by atoms with Crippen molar-refractivity contribution in [3.05, 3.63) is 28.8 Å². The second kappa shape index (κ2) is 6.83. The number of rotatable bonds is 6. The van der Waals surface area contributed by atoms with Gasteiger partial charge in [0, 0.05) is 0 Å². The van der Waals surface area contributed by atoms with Crippen molar-refractivity contribution in [2.75, 3.05) is 7.05 Å². The van der Waals surface area contributed by atoms with Crippen LogP contribution in [0.1, 0.15) is 41.3 Å². The Morgan fingerprint density at radius 1 is 1.41 bits per heavy atom. The van der Waals surface area contributed by atoms with Gasteiger partial charge in [-0.05, 0) is 0 Å². The van der Waals surface area contributed by atoms with Crippen molar-refractivity contribution < 1.29 is 9.90 Å². The molecule has 3 nitrogen and oxygen atoms in total. The van der Waals surface area contributed by atoms with Gasteiger partial charge >= 0.3 is 111 Å². The summed E-state index contributed by atoms with van der Waals surface area (Å²) in [5.41, 5.74) is 2.53. The summed E-state index contributed by atoms with van der Waals surface area (Å²) < 4.78 is 1.10. The van der Waals surface area contributed by atoms with Gasteiger partial charge in [0.15, 0.2) is 0 Å². The molecule has 0 amide bonds. The summed E-state index contributed by atoms with van der Waals surface area (Å²) >= 11 is 2.52. The third-order valence-electron chi connectivity index (χ3n) is 2.77. The Morgan fingerprint density at radius 2 is 2.12 bits per heavy atom. The van der Waals surface area contributed by atoms with E-state index in [1.165, 1.54) is 0 Å². The van der Waals surface area contributed by atoms with Crippen LogP contribution in [-0.4, -0.2) is 35.0 Å². The van der Waals surface area contributed by atoms with Crippen molar-refractivity contribution in [1.82, 2.24) is 5.32 Å². The van der Waals surface area contributed by atoms with Crippen LogP contribution in [0.3, 0.4) is 0 Å². The minimum absolute atomic E-state index is 0.443. The SMILES string of the molecule is CCCCc1c(C(=O)O)ccc([As])c1CNC. The summed E-state index contributed by atoms with van der Waals surface area (Å²) in [4.78, 5) is 11.2. The van der Waals surface area contributed by atoms with Gasteiger partial charge in [-0.15, -0.1) is 0 Å². The van der Waals surface area contributed by atoms with Crippen molar-refractivity contribution in [2.24, 2.45) is 0 Å². The predicted molar refractivity (Wildman–Crippen MR) is 70.2 cm³/mol. The molecule has 17 heavy (non-hydrogen) atoms. The molecule has 0 aromatic heterocycles. The molecule has 2 N–H and O–H groups in total. The Kier molecular flexibility index (Phi) is 5.73. The van der Waals surface area contributed by atoms with Crippen molar-refractivity contribution in [3.8, 4) is 0 Å². The summed E-state index contributed by atoms with van der Waals surface area (Å²) in [5.74, 6) is -0.832. The van der Waals surface area contributed by atoms with Crippen molar-refractivity contribution in [3.63, 3.8) is 0 Å². The molecule has 0 fully saturated rings. The quantitative estimate of drug-likeness (QED) is 0.776. The number of aromatic carboxylic acids is 1. The fourth-order valence-electron chi connectivity index (χ4n) is 1.89. The number of carbonyl (C=O) groups is 1. The van der Waals surface area contributed by atoms with Gasteiger partial charge in [0.25, 0.3) is 0 Å². The first kappa shape index (κ1) is 14.3. The maximum absolute atomic E-state index is 11.2. The number of carboxylic acid groups (broad SMARTS) is 1. The van der Waals surface area contributed by atoms with E-state index < -0.39 is 5.97 Å². The van der Waals surface area contributed by atoms with E-state index in [1.807, 2.05) is 13.1 Å².